The quantitative estimate of drug-likeness (QED) is 0.671. The van der Waals surface area contributed by atoms with Gasteiger partial charge in [-0.3, -0.25) is 4.79 Å². The summed E-state index contributed by atoms with van der Waals surface area (Å²) in [6.07, 6.45) is 0.217. The van der Waals surface area contributed by atoms with Gasteiger partial charge in [-0.15, -0.1) is 22.7 Å². The Morgan fingerprint density at radius 2 is 2.21 bits per heavy atom. The lowest BCUT2D eigenvalue weighted by atomic mass is 10.1. The van der Waals surface area contributed by atoms with E-state index in [1.54, 1.807) is 16.7 Å². The van der Waals surface area contributed by atoms with Gasteiger partial charge in [0.25, 0.3) is 0 Å². The van der Waals surface area contributed by atoms with Crippen LogP contribution in [0.15, 0.2) is 23.6 Å². The van der Waals surface area contributed by atoms with Crippen molar-refractivity contribution in [2.24, 2.45) is 0 Å². The zero-order chi connectivity index (χ0) is 19.8. The Hall–Kier alpha value is -2.36. The number of hydrogen-bond donors (Lipinski definition) is 1. The molecule has 28 heavy (non-hydrogen) atoms. The molecule has 1 aliphatic heterocycles. The average molecular weight is 421 g/mol. The van der Waals surface area contributed by atoms with Crippen LogP contribution in [0.4, 0.5) is 18.9 Å². The highest BCUT2D eigenvalue weighted by molar-refractivity contribution is 7.16. The number of thiazole rings is 1. The summed E-state index contributed by atoms with van der Waals surface area (Å²) in [4.78, 5) is 19.9. The minimum Gasteiger partial charge on any atom is -0.356 e. The van der Waals surface area contributed by atoms with E-state index in [2.05, 4.69) is 10.3 Å². The van der Waals surface area contributed by atoms with Gasteiger partial charge in [-0.1, -0.05) is 0 Å². The molecule has 5 nitrogen and oxygen atoms in total. The Bertz CT molecular complexity index is 1050. The summed E-state index contributed by atoms with van der Waals surface area (Å²) >= 11 is 2.86. The number of halogens is 2. The van der Waals surface area contributed by atoms with Gasteiger partial charge in [-0.2, -0.15) is 0 Å². The number of nitrogens with one attached hydrogen (secondary N) is 1. The van der Waals surface area contributed by atoms with Gasteiger partial charge >= 0.3 is 0 Å². The largest absolute Gasteiger partial charge is 0.356 e. The summed E-state index contributed by atoms with van der Waals surface area (Å²) in [5, 5.41) is 5.91. The van der Waals surface area contributed by atoms with Crippen molar-refractivity contribution >= 4 is 38.7 Å². The van der Waals surface area contributed by atoms with Gasteiger partial charge in [-0.05, 0) is 24.6 Å². The maximum atomic E-state index is 13.9. The number of hydrogen-bond acceptors (Lipinski definition) is 6. The van der Waals surface area contributed by atoms with Crippen molar-refractivity contribution in [3.05, 3.63) is 51.2 Å². The van der Waals surface area contributed by atoms with Crippen molar-refractivity contribution in [3.63, 3.8) is 0 Å². The van der Waals surface area contributed by atoms with E-state index >= 15 is 0 Å². The summed E-state index contributed by atoms with van der Waals surface area (Å²) in [5.74, 6) is -1.53. The second-order valence-electron chi connectivity index (χ2n) is 6.48. The first kappa shape index (κ1) is 19.0. The van der Waals surface area contributed by atoms with E-state index in [1.807, 2.05) is 18.9 Å². The lowest BCUT2D eigenvalue weighted by Gasteiger charge is -2.24. The maximum Gasteiger partial charge on any atom is 0.230 e. The lowest BCUT2D eigenvalue weighted by Crippen LogP contribution is -2.26. The zero-order valence-electron chi connectivity index (χ0n) is 15.2. The van der Waals surface area contributed by atoms with Crippen LogP contribution in [0.5, 0.6) is 0 Å². The molecule has 0 bridgehead atoms. The molecule has 1 aliphatic rings. The van der Waals surface area contributed by atoms with Crippen molar-refractivity contribution in [1.82, 2.24) is 4.98 Å². The molecule has 0 spiro atoms. The molecule has 0 saturated carbocycles. The second-order valence-corrected chi connectivity index (χ2v) is 8.54. The van der Waals surface area contributed by atoms with Crippen molar-refractivity contribution in [1.29, 1.82) is 0 Å². The number of rotatable bonds is 4. The van der Waals surface area contributed by atoms with E-state index in [4.69, 9.17) is 4.74 Å². The van der Waals surface area contributed by atoms with E-state index < -0.39 is 11.6 Å². The fraction of sp³-hybridized carbons (Fsp3) is 0.263. The van der Waals surface area contributed by atoms with Crippen molar-refractivity contribution in [2.45, 2.75) is 20.0 Å². The van der Waals surface area contributed by atoms with Crippen molar-refractivity contribution in [2.75, 3.05) is 24.0 Å². The summed E-state index contributed by atoms with van der Waals surface area (Å²) in [7, 11) is 1.96. The van der Waals surface area contributed by atoms with Gasteiger partial charge in [0.15, 0.2) is 5.13 Å². The van der Waals surface area contributed by atoms with Crippen LogP contribution in [0.1, 0.15) is 16.0 Å². The molecule has 146 valence electrons. The second kappa shape index (κ2) is 7.57. The molecule has 3 aromatic rings. The Balaban J connectivity index is 1.49. The first-order valence-corrected chi connectivity index (χ1v) is 10.2. The normalized spacial score (nSPS) is 13.5. The highest BCUT2D eigenvalue weighted by Crippen LogP contribution is 2.38. The van der Waals surface area contributed by atoms with Crippen molar-refractivity contribution < 1.29 is 18.3 Å². The number of anilines is 2. The first-order chi connectivity index (χ1) is 13.4. The third-order valence-electron chi connectivity index (χ3n) is 4.47. The zero-order valence-corrected chi connectivity index (χ0v) is 16.8. The van der Waals surface area contributed by atoms with E-state index in [-0.39, 0.29) is 17.9 Å². The third-order valence-corrected chi connectivity index (χ3v) is 6.53. The number of ether oxygens (including phenoxy) is 1. The van der Waals surface area contributed by atoms with Crippen LogP contribution in [-0.4, -0.2) is 24.7 Å². The minimum absolute atomic E-state index is 0.195. The molecular formula is C19H17F2N3O2S2. The van der Waals surface area contributed by atoms with Gasteiger partial charge in [0, 0.05) is 34.5 Å². The molecule has 3 heterocycles. The number of aromatic nitrogens is 1. The number of benzene rings is 1. The topological polar surface area (TPSA) is 54.5 Å². The molecular weight excluding hydrogens is 404 g/mol. The Labute approximate surface area is 168 Å². The van der Waals surface area contributed by atoms with Crippen molar-refractivity contribution in [3.8, 4) is 11.3 Å². The van der Waals surface area contributed by atoms with E-state index in [0.29, 0.717) is 24.2 Å². The van der Waals surface area contributed by atoms with Crippen LogP contribution in [0.25, 0.3) is 11.3 Å². The summed E-state index contributed by atoms with van der Waals surface area (Å²) in [6, 6.07) is 3.33. The minimum atomic E-state index is -0.687. The SMILES string of the molecule is Cc1sc2c(c1CC(=O)Nc1nc(-c3ccc(F)cc3F)cs1)COCN2C. The monoisotopic (exact) mass is 421 g/mol. The molecule has 0 unspecified atom stereocenters. The van der Waals surface area contributed by atoms with E-state index in [9.17, 15) is 13.6 Å². The number of thiophene rings is 1. The predicted octanol–water partition coefficient (Wildman–Crippen LogP) is 4.56. The maximum absolute atomic E-state index is 13.9. The molecule has 4 rings (SSSR count). The fourth-order valence-corrected chi connectivity index (χ4v) is 4.97. The molecule has 1 aromatic carbocycles. The predicted molar refractivity (Wildman–Crippen MR) is 107 cm³/mol. The first-order valence-electron chi connectivity index (χ1n) is 8.53. The molecule has 1 N–H and O–H groups in total. The van der Waals surface area contributed by atoms with Gasteiger partial charge < -0.3 is 15.0 Å². The highest BCUT2D eigenvalue weighted by Gasteiger charge is 2.24. The molecule has 0 fully saturated rings. The average Bonchev–Trinajstić information content (AvgIpc) is 3.21. The van der Waals surface area contributed by atoms with Crippen LogP contribution >= 0.6 is 22.7 Å². The number of carbonyl (C=O) groups is 1. The smallest absolute Gasteiger partial charge is 0.230 e. The van der Waals surface area contributed by atoms with Crippen LogP contribution < -0.4 is 10.2 Å². The molecule has 9 heteroatoms. The van der Waals surface area contributed by atoms with Crippen LogP contribution in [0.3, 0.4) is 0 Å². The van der Waals surface area contributed by atoms with Gasteiger partial charge in [-0.25, -0.2) is 13.8 Å². The fourth-order valence-electron chi connectivity index (χ4n) is 3.12. The lowest BCUT2D eigenvalue weighted by molar-refractivity contribution is -0.115. The Kier molecular flexibility index (Phi) is 5.13. The highest BCUT2D eigenvalue weighted by atomic mass is 32.1. The number of aryl methyl sites for hydroxylation is 1. The Morgan fingerprint density at radius 1 is 1.39 bits per heavy atom. The number of fused-ring (bicyclic) bond motifs is 1. The van der Waals surface area contributed by atoms with Crippen LogP contribution in [-0.2, 0) is 22.6 Å². The van der Waals surface area contributed by atoms with Gasteiger partial charge in [0.05, 0.1) is 23.7 Å². The molecule has 0 radical (unpaired) electrons. The summed E-state index contributed by atoms with van der Waals surface area (Å²) < 4.78 is 32.6. The number of carbonyl (C=O) groups excluding carboxylic acids is 1. The molecule has 2 aromatic heterocycles. The van der Waals surface area contributed by atoms with Gasteiger partial charge in [0.1, 0.15) is 18.4 Å². The molecule has 1 amide bonds. The standard InChI is InChI=1S/C19H17F2N3O2S2/c1-10-13(14-7-26-9-24(2)18(14)28-10)6-17(25)23-19-22-16(8-27-19)12-4-3-11(20)5-15(12)21/h3-5,8H,6-7,9H2,1-2H3,(H,22,23,25). The summed E-state index contributed by atoms with van der Waals surface area (Å²) in [5.41, 5.74) is 2.59. The molecule has 0 atom stereocenters. The van der Waals surface area contributed by atoms with Crippen LogP contribution in [0, 0.1) is 18.6 Å². The number of nitrogens with zero attached hydrogens (tertiary/aromatic N) is 2. The van der Waals surface area contributed by atoms with Crippen LogP contribution in [0.2, 0.25) is 0 Å². The summed E-state index contributed by atoms with van der Waals surface area (Å²) in [6.45, 7) is 3.04. The van der Waals surface area contributed by atoms with E-state index in [0.717, 1.165) is 27.1 Å². The number of amides is 1. The molecule has 0 saturated heterocycles. The molecule has 0 aliphatic carbocycles. The van der Waals surface area contributed by atoms with Gasteiger partial charge in [0.2, 0.25) is 5.91 Å². The Morgan fingerprint density at radius 3 is 3.00 bits per heavy atom. The third kappa shape index (κ3) is 3.65. The van der Waals surface area contributed by atoms with E-state index in [1.165, 1.54) is 23.5 Å².